The van der Waals surface area contributed by atoms with Crippen LogP contribution in [0.3, 0.4) is 0 Å². The Morgan fingerprint density at radius 1 is 0.895 bits per heavy atom. The van der Waals surface area contributed by atoms with Crippen LogP contribution < -0.4 is 5.32 Å². The number of aliphatic hydroxyl groups excluding tert-OH is 1. The summed E-state index contributed by atoms with van der Waals surface area (Å²) < 4.78 is 28.6. The Hall–Kier alpha value is -5.18. The molecule has 57 heavy (non-hydrogen) atoms. The molecule has 3 aliphatic rings. The first-order valence-electron chi connectivity index (χ1n) is 20.1. The highest BCUT2D eigenvalue weighted by Crippen LogP contribution is 2.59. The van der Waals surface area contributed by atoms with Crippen LogP contribution in [0.25, 0.3) is 10.8 Å². The van der Waals surface area contributed by atoms with Gasteiger partial charge in [-0.25, -0.2) is 13.6 Å². The van der Waals surface area contributed by atoms with Crippen molar-refractivity contribution in [2.75, 3.05) is 6.54 Å². The highest BCUT2D eigenvalue weighted by Gasteiger charge is 2.57. The van der Waals surface area contributed by atoms with Crippen LogP contribution >= 0.6 is 0 Å². The van der Waals surface area contributed by atoms with Crippen molar-refractivity contribution >= 4 is 22.6 Å². The predicted octanol–water partition coefficient (Wildman–Crippen LogP) is 10.4. The van der Waals surface area contributed by atoms with E-state index in [9.17, 15) is 28.6 Å². The third kappa shape index (κ3) is 8.44. The van der Waals surface area contributed by atoms with Crippen molar-refractivity contribution in [3.8, 4) is 0 Å². The molecule has 0 saturated heterocycles. The highest BCUT2D eigenvalue weighted by molar-refractivity contribution is 6.10. The number of hydrogen-bond acceptors (Lipinski definition) is 4. The first-order valence-corrected chi connectivity index (χ1v) is 20.1. The number of carbonyl (C=O) groups is 2. The number of benzene rings is 5. The first-order chi connectivity index (χ1) is 27.3. The van der Waals surface area contributed by atoms with E-state index in [0.29, 0.717) is 56.1 Å². The van der Waals surface area contributed by atoms with Crippen molar-refractivity contribution < 1.29 is 28.6 Å². The summed E-state index contributed by atoms with van der Waals surface area (Å²) in [6.07, 6.45) is 5.21. The molecule has 0 heterocycles. The second kappa shape index (κ2) is 16.7. The van der Waals surface area contributed by atoms with Crippen LogP contribution in [0.4, 0.5) is 13.6 Å². The Balaban J connectivity index is 1.31. The molecule has 296 valence electrons. The maximum Gasteiger partial charge on any atom is 0.318 e. The number of halogens is 2. The van der Waals surface area contributed by atoms with Crippen LogP contribution in [0, 0.1) is 17.0 Å². The number of amides is 2. The monoisotopic (exact) mass is 770 g/mol. The number of urea groups is 1. The van der Waals surface area contributed by atoms with E-state index in [4.69, 9.17) is 0 Å². The summed E-state index contributed by atoms with van der Waals surface area (Å²) >= 11 is 0. The average molecular weight is 771 g/mol. The second-order valence-corrected chi connectivity index (χ2v) is 16.5. The fourth-order valence-corrected chi connectivity index (χ4v) is 9.24. The minimum absolute atomic E-state index is 0.0213. The lowest BCUT2D eigenvalue weighted by atomic mass is 9.64. The molecule has 0 aliphatic heterocycles. The molecule has 3 aliphatic carbocycles. The zero-order valence-electron chi connectivity index (χ0n) is 33.0. The molecule has 0 aromatic heterocycles. The summed E-state index contributed by atoms with van der Waals surface area (Å²) in [5, 5.41) is 29.5. The number of nitrogens with zero attached hydrogens (tertiary/aromatic N) is 1. The maximum atomic E-state index is 14.5. The van der Waals surface area contributed by atoms with Gasteiger partial charge in [-0.05, 0) is 122 Å². The van der Waals surface area contributed by atoms with Crippen LogP contribution in [0.15, 0.2) is 121 Å². The lowest BCUT2D eigenvalue weighted by Crippen LogP contribution is -2.55. The van der Waals surface area contributed by atoms with Gasteiger partial charge >= 0.3 is 6.03 Å². The molecule has 8 heteroatoms. The fourth-order valence-electron chi connectivity index (χ4n) is 9.24. The summed E-state index contributed by atoms with van der Waals surface area (Å²) in [7, 11) is 0. The summed E-state index contributed by atoms with van der Waals surface area (Å²) in [6, 6.07) is 32.1. The Kier molecular flexibility index (Phi) is 11.8. The molecule has 2 bridgehead atoms. The predicted molar refractivity (Wildman–Crippen MR) is 221 cm³/mol. The van der Waals surface area contributed by atoms with E-state index in [2.05, 4.69) is 31.3 Å². The van der Waals surface area contributed by atoms with Gasteiger partial charge in [0.05, 0.1) is 24.3 Å². The van der Waals surface area contributed by atoms with Gasteiger partial charge in [-0.2, -0.15) is 0 Å². The molecule has 1 fully saturated rings. The minimum Gasteiger partial charge on any atom is -0.393 e. The van der Waals surface area contributed by atoms with E-state index in [0.717, 1.165) is 45.2 Å². The van der Waals surface area contributed by atoms with Gasteiger partial charge in [-0.1, -0.05) is 104 Å². The topological polar surface area (TPSA) is 89.9 Å². The Morgan fingerprint density at radius 3 is 2.44 bits per heavy atom. The normalized spacial score (nSPS) is 23.0. The molecule has 3 N–H and O–H groups in total. The lowest BCUT2D eigenvalue weighted by molar-refractivity contribution is -0.0780. The number of hydrogen-bond donors (Lipinski definition) is 3. The second-order valence-electron chi connectivity index (χ2n) is 16.5. The zero-order valence-corrected chi connectivity index (χ0v) is 33.0. The van der Waals surface area contributed by atoms with Gasteiger partial charge in [0.25, 0.3) is 0 Å². The van der Waals surface area contributed by atoms with Gasteiger partial charge in [0, 0.05) is 23.1 Å². The standard InChI is InChI=1S/C49H52F2N2O4/c1-32-11-10-25-48(3)43(41-22-19-34(27-39(54)21-18-32)28-42(41)46(55)37-20-23-44(50)45(51)29-37)24-26-49(48,57)31-53(47(56)52-33(2)35-12-5-4-6-13-35)30-38-16-9-15-36-14-7-8-17-40(36)38/h4-9,11-17,19-20,22-23,28-29,33,39,43,54,57H,10,18,21,24-27,30-31H2,1-3H3,(H,52,56). The number of nitrogens with one attached hydrogen (secondary N) is 1. The van der Waals surface area contributed by atoms with Crippen molar-refractivity contribution in [2.45, 2.75) is 95.9 Å². The molecule has 8 rings (SSSR count). The van der Waals surface area contributed by atoms with Crippen LogP contribution in [-0.4, -0.2) is 45.2 Å². The van der Waals surface area contributed by atoms with Gasteiger partial charge in [-0.15, -0.1) is 0 Å². The van der Waals surface area contributed by atoms with Crippen molar-refractivity contribution in [3.63, 3.8) is 0 Å². The maximum absolute atomic E-state index is 14.5. The van der Waals surface area contributed by atoms with Crippen LogP contribution in [0.2, 0.25) is 0 Å². The van der Waals surface area contributed by atoms with E-state index in [1.54, 1.807) is 11.0 Å². The summed E-state index contributed by atoms with van der Waals surface area (Å²) in [6.45, 7) is 6.38. The number of aliphatic hydroxyl groups is 2. The molecule has 5 unspecified atom stereocenters. The third-order valence-corrected chi connectivity index (χ3v) is 12.7. The third-order valence-electron chi connectivity index (χ3n) is 12.7. The molecule has 5 aromatic carbocycles. The molecule has 0 spiro atoms. The fraction of sp³-hybridized carbons (Fsp3) is 0.347. The molecule has 2 amide bonds. The number of carbonyl (C=O) groups excluding carboxylic acids is 2. The van der Waals surface area contributed by atoms with E-state index in [-0.39, 0.29) is 36.6 Å². The van der Waals surface area contributed by atoms with Crippen LogP contribution in [-0.2, 0) is 13.0 Å². The van der Waals surface area contributed by atoms with Crippen molar-refractivity contribution in [2.24, 2.45) is 5.41 Å². The van der Waals surface area contributed by atoms with Gasteiger partial charge in [0.1, 0.15) is 0 Å². The van der Waals surface area contributed by atoms with Gasteiger partial charge in [0.2, 0.25) is 0 Å². The summed E-state index contributed by atoms with van der Waals surface area (Å²) in [4.78, 5) is 30.6. The largest absolute Gasteiger partial charge is 0.393 e. The van der Waals surface area contributed by atoms with E-state index >= 15 is 0 Å². The van der Waals surface area contributed by atoms with Gasteiger partial charge in [0.15, 0.2) is 17.4 Å². The molecule has 6 nitrogen and oxygen atoms in total. The number of rotatable bonds is 8. The molecule has 1 saturated carbocycles. The Bertz CT molecular complexity index is 2290. The van der Waals surface area contributed by atoms with Crippen molar-refractivity contribution in [1.82, 2.24) is 10.2 Å². The highest BCUT2D eigenvalue weighted by atomic mass is 19.2. The van der Waals surface area contributed by atoms with Crippen LogP contribution in [0.1, 0.15) is 109 Å². The molecule has 0 radical (unpaired) electrons. The molecular formula is C49H52F2N2O4. The van der Waals surface area contributed by atoms with Crippen LogP contribution in [0.5, 0.6) is 0 Å². The zero-order chi connectivity index (χ0) is 40.3. The van der Waals surface area contributed by atoms with Crippen molar-refractivity contribution in [3.05, 3.63) is 166 Å². The number of fused-ring (bicyclic) bond motifs is 9. The number of allylic oxidation sites excluding steroid dienone is 2. The first kappa shape index (κ1) is 40.0. The molecular weight excluding hydrogens is 719 g/mol. The molecule has 5 atom stereocenters. The Morgan fingerprint density at radius 2 is 1.65 bits per heavy atom. The van der Waals surface area contributed by atoms with Gasteiger partial charge in [-0.3, -0.25) is 4.79 Å². The van der Waals surface area contributed by atoms with E-state index < -0.39 is 34.5 Å². The number of ketones is 1. The Labute approximate surface area is 334 Å². The summed E-state index contributed by atoms with van der Waals surface area (Å²) in [5.74, 6) is -2.92. The summed E-state index contributed by atoms with van der Waals surface area (Å²) in [5.41, 5.74) is 2.70. The smallest absolute Gasteiger partial charge is 0.318 e. The SMILES string of the molecule is CC1=CCCC2(C)C(CCC2(O)CN(Cc2cccc3ccccc23)C(=O)NC(C)c2ccccc2)c2ccc(cc2C(=O)c2ccc(F)c(F)c2)CC(O)CC1. The van der Waals surface area contributed by atoms with Crippen molar-refractivity contribution in [1.29, 1.82) is 0 Å². The van der Waals surface area contributed by atoms with E-state index in [1.807, 2.05) is 85.8 Å². The molecule has 5 aromatic rings. The average Bonchev–Trinajstić information content (AvgIpc) is 3.46. The quantitative estimate of drug-likeness (QED) is 0.108. The van der Waals surface area contributed by atoms with Gasteiger partial charge < -0.3 is 20.4 Å². The lowest BCUT2D eigenvalue weighted by Gasteiger charge is -2.46. The minimum atomic E-state index is -1.38. The van der Waals surface area contributed by atoms with E-state index in [1.165, 1.54) is 6.07 Å².